The third-order valence-electron chi connectivity index (χ3n) is 4.78. The number of ether oxygens (including phenoxy) is 1. The lowest BCUT2D eigenvalue weighted by Gasteiger charge is -2.28. The maximum absolute atomic E-state index is 11.5. The van der Waals surface area contributed by atoms with Gasteiger partial charge in [-0.2, -0.15) is 0 Å². The van der Waals surface area contributed by atoms with Crippen LogP contribution in [0.2, 0.25) is 0 Å². The highest BCUT2D eigenvalue weighted by molar-refractivity contribution is 5.93. The third-order valence-corrected chi connectivity index (χ3v) is 4.78. The van der Waals surface area contributed by atoms with Crippen LogP contribution in [0.5, 0.6) is 0 Å². The van der Waals surface area contributed by atoms with Crippen LogP contribution in [0.15, 0.2) is 18.2 Å². The molecule has 1 aliphatic heterocycles. The molecule has 5 heteroatoms. The molecule has 22 heavy (non-hydrogen) atoms. The van der Waals surface area contributed by atoms with E-state index in [1.165, 1.54) is 24.0 Å². The van der Waals surface area contributed by atoms with Crippen LogP contribution in [0.4, 0.5) is 0 Å². The van der Waals surface area contributed by atoms with E-state index in [1.807, 2.05) is 12.1 Å². The van der Waals surface area contributed by atoms with E-state index >= 15 is 0 Å². The molecule has 5 nitrogen and oxygen atoms in total. The number of nitrogens with one attached hydrogen (secondary N) is 2. The molecule has 1 atom stereocenters. The molecule has 0 saturated carbocycles. The molecule has 1 aromatic rings. The van der Waals surface area contributed by atoms with Gasteiger partial charge in [-0.25, -0.2) is 5.48 Å². The van der Waals surface area contributed by atoms with Crippen LogP contribution >= 0.6 is 0 Å². The van der Waals surface area contributed by atoms with E-state index in [4.69, 9.17) is 9.94 Å². The number of rotatable bonds is 4. The van der Waals surface area contributed by atoms with Crippen LogP contribution in [-0.2, 0) is 17.6 Å². The molecule has 1 fully saturated rings. The van der Waals surface area contributed by atoms with Gasteiger partial charge in [0.25, 0.3) is 5.91 Å². The Bertz CT molecular complexity index is 527. The fourth-order valence-corrected chi connectivity index (χ4v) is 3.39. The summed E-state index contributed by atoms with van der Waals surface area (Å²) in [7, 11) is 0. The summed E-state index contributed by atoms with van der Waals surface area (Å²) in [4.78, 5) is 11.5. The van der Waals surface area contributed by atoms with Gasteiger partial charge in [0.1, 0.15) is 0 Å². The normalized spacial score (nSPS) is 22.1. The predicted octanol–water partition coefficient (Wildman–Crippen LogP) is 1.68. The highest BCUT2D eigenvalue weighted by Crippen LogP contribution is 2.25. The maximum atomic E-state index is 11.5. The zero-order valence-corrected chi connectivity index (χ0v) is 12.8. The number of aryl methyl sites for hydroxylation is 1. The Morgan fingerprint density at radius 3 is 2.86 bits per heavy atom. The highest BCUT2D eigenvalue weighted by Gasteiger charge is 2.22. The Morgan fingerprint density at radius 2 is 2.09 bits per heavy atom. The number of piperidine rings is 1. The molecular formula is C17H24N2O3. The lowest BCUT2D eigenvalue weighted by molar-refractivity contribution is 0.0151. The molecule has 0 aromatic heterocycles. The number of hydrogen-bond acceptors (Lipinski definition) is 4. The fraction of sp³-hybridized carbons (Fsp3) is 0.588. The number of carbonyl (C=O) groups is 1. The van der Waals surface area contributed by atoms with Crippen molar-refractivity contribution in [3.05, 3.63) is 34.9 Å². The molecule has 3 rings (SSSR count). The van der Waals surface area contributed by atoms with Crippen LogP contribution < -0.4 is 10.8 Å². The Kier molecular flexibility index (Phi) is 5.08. The Labute approximate surface area is 131 Å². The van der Waals surface area contributed by atoms with E-state index in [0.717, 1.165) is 39.0 Å². The molecule has 1 aromatic carbocycles. The summed E-state index contributed by atoms with van der Waals surface area (Å²) in [6.45, 7) is 3.08. The number of amides is 1. The Hall–Kier alpha value is -1.43. The summed E-state index contributed by atoms with van der Waals surface area (Å²) in [6, 6.07) is 5.63. The van der Waals surface area contributed by atoms with E-state index < -0.39 is 5.91 Å². The van der Waals surface area contributed by atoms with Crippen LogP contribution in [0.25, 0.3) is 0 Å². The zero-order valence-electron chi connectivity index (χ0n) is 12.8. The van der Waals surface area contributed by atoms with Crippen molar-refractivity contribution in [2.75, 3.05) is 19.7 Å². The van der Waals surface area contributed by atoms with Gasteiger partial charge in [0.05, 0.1) is 6.10 Å². The van der Waals surface area contributed by atoms with Crippen molar-refractivity contribution in [3.63, 3.8) is 0 Å². The average Bonchev–Trinajstić information content (AvgIpc) is 2.59. The first-order valence-corrected chi connectivity index (χ1v) is 8.15. The molecule has 120 valence electrons. The Morgan fingerprint density at radius 1 is 1.27 bits per heavy atom. The van der Waals surface area contributed by atoms with Crippen molar-refractivity contribution in [1.82, 2.24) is 10.8 Å². The number of fused-ring (bicyclic) bond motifs is 1. The minimum absolute atomic E-state index is 0.292. The summed E-state index contributed by atoms with van der Waals surface area (Å²) in [5.74, 6) is 0.241. The van der Waals surface area contributed by atoms with Crippen LogP contribution in [0.3, 0.4) is 0 Å². The standard InChI is InChI=1S/C17H24N2O3/c20-17(19-21)15-2-1-14-10-16(4-3-13(14)9-15)22-11-12-5-7-18-8-6-12/h1-2,9,12,16,18,21H,3-8,10-11H2,(H,19,20). The summed E-state index contributed by atoms with van der Waals surface area (Å²) in [6.07, 6.45) is 5.56. The van der Waals surface area contributed by atoms with Crippen molar-refractivity contribution in [3.8, 4) is 0 Å². The van der Waals surface area contributed by atoms with Gasteiger partial charge in [-0.05, 0) is 74.4 Å². The summed E-state index contributed by atoms with van der Waals surface area (Å²) >= 11 is 0. The second-order valence-electron chi connectivity index (χ2n) is 6.32. The third kappa shape index (κ3) is 3.66. The van der Waals surface area contributed by atoms with Gasteiger partial charge in [0.15, 0.2) is 0 Å². The topological polar surface area (TPSA) is 70.6 Å². The van der Waals surface area contributed by atoms with Crippen molar-refractivity contribution in [2.45, 2.75) is 38.2 Å². The minimum atomic E-state index is -0.452. The molecule has 0 spiro atoms. The van der Waals surface area contributed by atoms with Crippen molar-refractivity contribution in [1.29, 1.82) is 0 Å². The molecule has 0 bridgehead atoms. The van der Waals surface area contributed by atoms with Gasteiger partial charge in [-0.1, -0.05) is 6.07 Å². The SMILES string of the molecule is O=C(NO)c1ccc2c(c1)CCC(OCC1CCNCC1)C2. The lowest BCUT2D eigenvalue weighted by atomic mass is 9.88. The van der Waals surface area contributed by atoms with E-state index in [0.29, 0.717) is 17.6 Å². The quantitative estimate of drug-likeness (QED) is 0.585. The van der Waals surface area contributed by atoms with Crippen LogP contribution in [0, 0.1) is 5.92 Å². The van der Waals surface area contributed by atoms with Gasteiger partial charge in [-0.3, -0.25) is 10.0 Å². The second-order valence-corrected chi connectivity index (χ2v) is 6.32. The van der Waals surface area contributed by atoms with Gasteiger partial charge in [0.2, 0.25) is 0 Å². The molecule has 0 radical (unpaired) electrons. The fourth-order valence-electron chi connectivity index (χ4n) is 3.39. The molecular weight excluding hydrogens is 280 g/mol. The van der Waals surface area contributed by atoms with Crippen molar-refractivity contribution < 1.29 is 14.7 Å². The zero-order chi connectivity index (χ0) is 15.4. The van der Waals surface area contributed by atoms with E-state index in [1.54, 1.807) is 11.5 Å². The molecule has 1 aliphatic carbocycles. The van der Waals surface area contributed by atoms with E-state index in [2.05, 4.69) is 5.32 Å². The smallest absolute Gasteiger partial charge is 0.274 e. The first-order valence-electron chi connectivity index (χ1n) is 8.15. The maximum Gasteiger partial charge on any atom is 0.274 e. The molecule has 1 heterocycles. The van der Waals surface area contributed by atoms with Crippen LogP contribution in [0.1, 0.15) is 40.7 Å². The number of hydroxylamine groups is 1. The van der Waals surface area contributed by atoms with Gasteiger partial charge in [0, 0.05) is 12.2 Å². The number of carbonyl (C=O) groups excluding carboxylic acids is 1. The highest BCUT2D eigenvalue weighted by atomic mass is 16.5. The largest absolute Gasteiger partial charge is 0.378 e. The predicted molar refractivity (Wildman–Crippen MR) is 83.1 cm³/mol. The van der Waals surface area contributed by atoms with Crippen molar-refractivity contribution in [2.24, 2.45) is 5.92 Å². The second kappa shape index (κ2) is 7.22. The molecule has 3 N–H and O–H groups in total. The lowest BCUT2D eigenvalue weighted by Crippen LogP contribution is -2.32. The summed E-state index contributed by atoms with van der Waals surface area (Å²) in [5.41, 5.74) is 4.65. The number of hydrogen-bond donors (Lipinski definition) is 3. The first-order chi connectivity index (χ1) is 10.8. The van der Waals surface area contributed by atoms with Gasteiger partial charge >= 0.3 is 0 Å². The van der Waals surface area contributed by atoms with E-state index in [9.17, 15) is 4.79 Å². The first kappa shape index (κ1) is 15.5. The molecule has 2 aliphatic rings. The summed E-state index contributed by atoms with van der Waals surface area (Å²) in [5, 5.41) is 12.1. The summed E-state index contributed by atoms with van der Waals surface area (Å²) < 4.78 is 6.13. The van der Waals surface area contributed by atoms with Crippen LogP contribution in [-0.4, -0.2) is 36.9 Å². The van der Waals surface area contributed by atoms with Crippen molar-refractivity contribution >= 4 is 5.91 Å². The number of benzene rings is 1. The Balaban J connectivity index is 1.56. The van der Waals surface area contributed by atoms with Gasteiger partial charge < -0.3 is 10.1 Å². The van der Waals surface area contributed by atoms with E-state index in [-0.39, 0.29) is 0 Å². The monoisotopic (exact) mass is 304 g/mol. The molecule has 1 saturated heterocycles. The van der Waals surface area contributed by atoms with Gasteiger partial charge in [-0.15, -0.1) is 0 Å². The molecule has 1 unspecified atom stereocenters. The molecule has 1 amide bonds. The minimum Gasteiger partial charge on any atom is -0.378 e. The average molecular weight is 304 g/mol.